The molecule has 2 aromatic carbocycles. The maximum atomic E-state index is 13.1. The van der Waals surface area contributed by atoms with Crippen molar-refractivity contribution in [3.63, 3.8) is 0 Å². The summed E-state index contributed by atoms with van der Waals surface area (Å²) >= 11 is 6.14. The fraction of sp³-hybridized carbons (Fsp3) is 0.364. The van der Waals surface area contributed by atoms with Gasteiger partial charge in [0.25, 0.3) is 0 Å². The second-order valence-electron chi connectivity index (χ2n) is 7.87. The smallest absolute Gasteiger partial charge is 0.244 e. The molecule has 1 saturated heterocycles. The molecule has 0 N–H and O–H groups in total. The summed E-state index contributed by atoms with van der Waals surface area (Å²) in [5, 5.41) is 4.35. The van der Waals surface area contributed by atoms with E-state index in [1.807, 2.05) is 12.1 Å². The van der Waals surface area contributed by atoms with Crippen LogP contribution in [-0.4, -0.2) is 36.0 Å². The van der Waals surface area contributed by atoms with E-state index in [1.165, 1.54) is 15.9 Å². The summed E-state index contributed by atoms with van der Waals surface area (Å²) in [6.07, 6.45) is 1.51. The molecule has 0 aliphatic carbocycles. The van der Waals surface area contributed by atoms with Gasteiger partial charge in [-0.3, -0.25) is 0 Å². The Bertz CT molecular complexity index is 1130. The summed E-state index contributed by atoms with van der Waals surface area (Å²) < 4.78 is 33.1. The van der Waals surface area contributed by atoms with Crippen molar-refractivity contribution in [3.8, 4) is 11.4 Å². The highest BCUT2D eigenvalue weighted by Crippen LogP contribution is 2.32. The lowest BCUT2D eigenvalue weighted by atomic mass is 9.99. The van der Waals surface area contributed by atoms with Gasteiger partial charge in [-0.15, -0.1) is 0 Å². The van der Waals surface area contributed by atoms with Gasteiger partial charge in [0.1, 0.15) is 4.90 Å². The molecular weight excluding hydrogens is 422 g/mol. The number of rotatable bonds is 5. The van der Waals surface area contributed by atoms with Gasteiger partial charge < -0.3 is 4.52 Å². The highest BCUT2D eigenvalue weighted by atomic mass is 35.5. The van der Waals surface area contributed by atoms with Crippen molar-refractivity contribution >= 4 is 21.6 Å². The summed E-state index contributed by atoms with van der Waals surface area (Å²) in [7, 11) is -3.68. The van der Waals surface area contributed by atoms with Crippen molar-refractivity contribution in [2.75, 3.05) is 13.1 Å². The van der Waals surface area contributed by atoms with Crippen molar-refractivity contribution in [1.29, 1.82) is 0 Å². The normalized spacial score (nSPS) is 18.1. The number of hydrogen-bond donors (Lipinski definition) is 0. The van der Waals surface area contributed by atoms with E-state index in [0.29, 0.717) is 30.7 Å². The Morgan fingerprint density at radius 2 is 1.87 bits per heavy atom. The Hall–Kier alpha value is -2.22. The van der Waals surface area contributed by atoms with Gasteiger partial charge in [0.05, 0.1) is 10.9 Å². The van der Waals surface area contributed by atoms with Gasteiger partial charge in [-0.2, -0.15) is 9.29 Å². The molecule has 1 atom stereocenters. The number of hydrogen-bond acceptors (Lipinski definition) is 5. The molecule has 0 spiro atoms. The van der Waals surface area contributed by atoms with Crippen molar-refractivity contribution in [2.24, 2.45) is 0 Å². The standard InChI is InChI=1S/C22H24ClN3O3S/c1-15(2)16-9-11-17(12-10-16)21-24-22(29-25-21)18-6-5-13-26(14-18)30(27,28)20-8-4-3-7-19(20)23/h3-4,7-12,15,18H,5-6,13-14H2,1-2H3/t18-/m1/s1. The highest BCUT2D eigenvalue weighted by Gasteiger charge is 2.34. The SMILES string of the molecule is CC(C)c1ccc(-c2noc([C@@H]3CCCN(S(=O)(=O)c4ccccc4Cl)C3)n2)cc1. The molecule has 0 radical (unpaired) electrons. The first kappa shape index (κ1) is 21.0. The van der Waals surface area contributed by atoms with Crippen LogP contribution in [0, 0.1) is 0 Å². The van der Waals surface area contributed by atoms with E-state index in [0.717, 1.165) is 18.4 Å². The molecule has 158 valence electrons. The summed E-state index contributed by atoms with van der Waals surface area (Å²) in [4.78, 5) is 4.69. The van der Waals surface area contributed by atoms with E-state index in [4.69, 9.17) is 16.1 Å². The van der Waals surface area contributed by atoms with Gasteiger partial charge >= 0.3 is 0 Å². The Morgan fingerprint density at radius 1 is 1.13 bits per heavy atom. The van der Waals surface area contributed by atoms with Crippen LogP contribution in [0.4, 0.5) is 0 Å². The van der Waals surface area contributed by atoms with Crippen molar-refractivity contribution < 1.29 is 12.9 Å². The molecular formula is C22H24ClN3O3S. The summed E-state index contributed by atoms with van der Waals surface area (Å²) in [5.41, 5.74) is 2.13. The predicted octanol–water partition coefficient (Wildman–Crippen LogP) is 5.08. The molecule has 1 aliphatic rings. The Kier molecular flexibility index (Phi) is 5.95. The minimum atomic E-state index is -3.68. The summed E-state index contributed by atoms with van der Waals surface area (Å²) in [6.45, 7) is 5.03. The van der Waals surface area contributed by atoms with E-state index in [-0.39, 0.29) is 15.8 Å². The summed E-state index contributed by atoms with van der Waals surface area (Å²) in [6, 6.07) is 14.6. The van der Waals surface area contributed by atoms with E-state index in [1.54, 1.807) is 18.2 Å². The number of aromatic nitrogens is 2. The van der Waals surface area contributed by atoms with E-state index in [9.17, 15) is 8.42 Å². The average molecular weight is 446 g/mol. The van der Waals surface area contributed by atoms with Gasteiger partial charge in [-0.05, 0) is 36.5 Å². The highest BCUT2D eigenvalue weighted by molar-refractivity contribution is 7.89. The second-order valence-corrected chi connectivity index (χ2v) is 10.2. The van der Waals surface area contributed by atoms with Crippen LogP contribution < -0.4 is 0 Å². The Morgan fingerprint density at radius 3 is 2.57 bits per heavy atom. The molecule has 1 fully saturated rings. The largest absolute Gasteiger partial charge is 0.339 e. The number of benzene rings is 2. The van der Waals surface area contributed by atoms with Gasteiger partial charge in [0.2, 0.25) is 21.7 Å². The van der Waals surface area contributed by atoms with Crippen molar-refractivity contribution in [1.82, 2.24) is 14.4 Å². The van der Waals surface area contributed by atoms with Crippen LogP contribution in [0.15, 0.2) is 57.9 Å². The average Bonchev–Trinajstić information content (AvgIpc) is 3.24. The van der Waals surface area contributed by atoms with Gasteiger partial charge in [-0.1, -0.05) is 67.0 Å². The van der Waals surface area contributed by atoms with E-state index >= 15 is 0 Å². The van der Waals surface area contributed by atoms with Crippen molar-refractivity contribution in [3.05, 3.63) is 65.0 Å². The molecule has 0 saturated carbocycles. The van der Waals surface area contributed by atoms with Crippen molar-refractivity contribution in [2.45, 2.75) is 43.4 Å². The zero-order chi connectivity index (χ0) is 21.3. The molecule has 6 nitrogen and oxygen atoms in total. The number of piperidine rings is 1. The molecule has 30 heavy (non-hydrogen) atoms. The monoisotopic (exact) mass is 445 g/mol. The number of halogens is 1. The molecule has 0 amide bonds. The number of sulfonamides is 1. The van der Waals surface area contributed by atoms with Crippen LogP contribution in [0.2, 0.25) is 5.02 Å². The molecule has 1 aromatic heterocycles. The predicted molar refractivity (Wildman–Crippen MR) is 116 cm³/mol. The third-order valence-corrected chi connectivity index (χ3v) is 7.83. The van der Waals surface area contributed by atoms with E-state index < -0.39 is 10.0 Å². The third-order valence-electron chi connectivity index (χ3n) is 5.47. The molecule has 3 aromatic rings. The topological polar surface area (TPSA) is 76.3 Å². The fourth-order valence-corrected chi connectivity index (χ4v) is 5.71. The lowest BCUT2D eigenvalue weighted by Gasteiger charge is -2.30. The first-order valence-electron chi connectivity index (χ1n) is 10.0. The molecule has 2 heterocycles. The second kappa shape index (κ2) is 8.49. The first-order valence-corrected chi connectivity index (χ1v) is 11.9. The van der Waals surface area contributed by atoms with Crippen LogP contribution >= 0.6 is 11.6 Å². The maximum Gasteiger partial charge on any atom is 0.244 e. The molecule has 8 heteroatoms. The van der Waals surface area contributed by atoms with Gasteiger partial charge in [0, 0.05) is 18.7 Å². The van der Waals surface area contributed by atoms with Crippen LogP contribution in [0.5, 0.6) is 0 Å². The third kappa shape index (κ3) is 4.15. The van der Waals surface area contributed by atoms with Crippen LogP contribution in [0.1, 0.15) is 50.0 Å². The summed E-state index contributed by atoms with van der Waals surface area (Å²) in [5.74, 6) is 1.30. The lowest BCUT2D eigenvalue weighted by Crippen LogP contribution is -2.39. The Labute approximate surface area is 181 Å². The van der Waals surface area contributed by atoms with Gasteiger partial charge in [-0.25, -0.2) is 8.42 Å². The fourth-order valence-electron chi connectivity index (χ4n) is 3.69. The minimum Gasteiger partial charge on any atom is -0.339 e. The first-order chi connectivity index (χ1) is 14.4. The quantitative estimate of drug-likeness (QED) is 0.547. The van der Waals surface area contributed by atoms with Crippen LogP contribution in [0.25, 0.3) is 11.4 Å². The minimum absolute atomic E-state index is 0.128. The molecule has 0 unspecified atom stereocenters. The number of nitrogens with zero attached hydrogens (tertiary/aromatic N) is 3. The molecule has 0 bridgehead atoms. The van der Waals surface area contributed by atoms with Crippen LogP contribution in [-0.2, 0) is 10.0 Å². The lowest BCUT2D eigenvalue weighted by molar-refractivity contribution is 0.265. The van der Waals surface area contributed by atoms with E-state index in [2.05, 4.69) is 36.1 Å². The maximum absolute atomic E-state index is 13.1. The zero-order valence-corrected chi connectivity index (χ0v) is 18.5. The Balaban J connectivity index is 1.54. The molecule has 1 aliphatic heterocycles. The zero-order valence-electron chi connectivity index (χ0n) is 17.0. The molecule has 4 rings (SSSR count). The van der Waals surface area contributed by atoms with Crippen LogP contribution in [0.3, 0.4) is 0 Å². The van der Waals surface area contributed by atoms with Gasteiger partial charge in [0.15, 0.2) is 0 Å².